The quantitative estimate of drug-likeness (QED) is 0.697. The van der Waals surface area contributed by atoms with Gasteiger partial charge in [0.2, 0.25) is 0 Å². The molecule has 1 aromatic rings. The lowest BCUT2D eigenvalue weighted by Gasteiger charge is -2.01. The second kappa shape index (κ2) is 2.78. The summed E-state index contributed by atoms with van der Waals surface area (Å²) in [6.07, 6.45) is -4.81. The maximum Gasteiger partial charge on any atom is 0.454 e. The van der Waals surface area contributed by atoms with Crippen molar-refractivity contribution < 1.29 is 18.0 Å². The molecule has 66 valence electrons. The lowest BCUT2D eigenvalue weighted by atomic mass is 10.2. The number of anilines is 1. The molecule has 1 heterocycles. The van der Waals surface area contributed by atoms with Crippen molar-refractivity contribution in [3.63, 3.8) is 0 Å². The Morgan fingerprint density at radius 2 is 2.08 bits per heavy atom. The molecule has 0 amide bonds. The molecule has 0 aliphatic rings. The van der Waals surface area contributed by atoms with E-state index in [1.807, 2.05) is 0 Å². The molecule has 0 aliphatic heterocycles. The predicted molar refractivity (Wildman–Crippen MR) is 39.1 cm³/mol. The van der Waals surface area contributed by atoms with Crippen molar-refractivity contribution in [1.29, 1.82) is 0 Å². The molecule has 2 N–H and O–H groups in total. The van der Waals surface area contributed by atoms with E-state index in [1.54, 1.807) is 0 Å². The van der Waals surface area contributed by atoms with Gasteiger partial charge in [-0.1, -0.05) is 0 Å². The number of carbonyl (C=O) groups excluding carboxylic acids is 1. The molecule has 0 fully saturated rings. The average molecular weight is 195 g/mol. The Morgan fingerprint density at radius 3 is 2.42 bits per heavy atom. The highest BCUT2D eigenvalue weighted by molar-refractivity contribution is 7.14. The first-order valence-electron chi connectivity index (χ1n) is 2.87. The first-order valence-corrected chi connectivity index (χ1v) is 3.75. The van der Waals surface area contributed by atoms with Gasteiger partial charge in [0.25, 0.3) is 5.78 Å². The number of thiophene rings is 1. The number of hydrogen-bond acceptors (Lipinski definition) is 3. The minimum Gasteiger partial charge on any atom is -0.391 e. The van der Waals surface area contributed by atoms with E-state index in [1.165, 1.54) is 0 Å². The third-order valence-corrected chi connectivity index (χ3v) is 1.90. The molecule has 0 unspecified atom stereocenters. The van der Waals surface area contributed by atoms with Crippen LogP contribution >= 0.6 is 11.3 Å². The summed E-state index contributed by atoms with van der Waals surface area (Å²) in [4.78, 5) is 10.5. The Kier molecular flexibility index (Phi) is 2.10. The van der Waals surface area contributed by atoms with Crippen molar-refractivity contribution >= 4 is 22.1 Å². The number of ketones is 1. The van der Waals surface area contributed by atoms with Crippen LogP contribution in [0.15, 0.2) is 11.4 Å². The Hall–Kier alpha value is -1.04. The van der Waals surface area contributed by atoms with E-state index in [9.17, 15) is 18.0 Å². The molecule has 6 heteroatoms. The molecule has 12 heavy (non-hydrogen) atoms. The van der Waals surface area contributed by atoms with Gasteiger partial charge in [0.15, 0.2) is 0 Å². The van der Waals surface area contributed by atoms with E-state index < -0.39 is 17.5 Å². The van der Waals surface area contributed by atoms with Gasteiger partial charge in [-0.25, -0.2) is 0 Å². The fourth-order valence-corrected chi connectivity index (χ4v) is 1.27. The number of Topliss-reactive ketones (excluding diaryl/α,β-unsaturated/α-hetero) is 1. The molecule has 0 aliphatic carbocycles. The maximum absolute atomic E-state index is 11.8. The summed E-state index contributed by atoms with van der Waals surface area (Å²) in [5.74, 6) is -1.85. The Labute approximate surface area is 69.8 Å². The van der Waals surface area contributed by atoms with Crippen LogP contribution in [0.25, 0.3) is 0 Å². The van der Waals surface area contributed by atoms with Gasteiger partial charge >= 0.3 is 6.18 Å². The molecule has 0 radical (unpaired) electrons. The van der Waals surface area contributed by atoms with Crippen molar-refractivity contribution in [3.05, 3.63) is 17.0 Å². The summed E-state index contributed by atoms with van der Waals surface area (Å²) in [7, 11) is 0. The molecule has 1 aromatic heterocycles. The number of rotatable bonds is 1. The van der Waals surface area contributed by atoms with Gasteiger partial charge in [0.05, 0.1) is 5.00 Å². The number of halogens is 3. The van der Waals surface area contributed by atoms with Gasteiger partial charge in [-0.2, -0.15) is 13.2 Å². The summed E-state index contributed by atoms with van der Waals surface area (Å²) in [5, 5.41) is 1.29. The summed E-state index contributed by atoms with van der Waals surface area (Å²) in [6.45, 7) is 0. The number of nitrogens with two attached hydrogens (primary N) is 1. The maximum atomic E-state index is 11.8. The number of hydrogen-bond donors (Lipinski definition) is 1. The molecular formula is C6H4F3NOS. The summed E-state index contributed by atoms with van der Waals surface area (Å²) >= 11 is 0.906. The molecule has 0 saturated heterocycles. The highest BCUT2D eigenvalue weighted by Crippen LogP contribution is 2.25. The summed E-state index contributed by atoms with van der Waals surface area (Å²) in [6, 6.07) is 1.01. The van der Waals surface area contributed by atoms with Crippen LogP contribution in [0.3, 0.4) is 0 Å². The summed E-state index contributed by atoms with van der Waals surface area (Å²) in [5.41, 5.74) is 4.76. The van der Waals surface area contributed by atoms with E-state index in [-0.39, 0.29) is 5.00 Å². The Morgan fingerprint density at radius 1 is 1.50 bits per heavy atom. The van der Waals surface area contributed by atoms with Gasteiger partial charge in [-0.3, -0.25) is 4.79 Å². The van der Waals surface area contributed by atoms with Crippen molar-refractivity contribution in [3.8, 4) is 0 Å². The number of nitrogen functional groups attached to an aromatic ring is 1. The van der Waals surface area contributed by atoms with Crippen molar-refractivity contribution in [2.75, 3.05) is 5.73 Å². The average Bonchev–Trinajstić information content (AvgIpc) is 2.32. The normalized spacial score (nSPS) is 11.6. The molecule has 2 nitrogen and oxygen atoms in total. The number of alkyl halides is 3. The van der Waals surface area contributed by atoms with Gasteiger partial charge in [0.1, 0.15) is 0 Å². The monoisotopic (exact) mass is 195 g/mol. The minimum absolute atomic E-state index is 0.197. The van der Waals surface area contributed by atoms with Crippen LogP contribution in [0.5, 0.6) is 0 Å². The third kappa shape index (κ3) is 1.76. The molecular weight excluding hydrogens is 191 g/mol. The molecule has 0 bridgehead atoms. The van der Waals surface area contributed by atoms with Crippen LogP contribution in [0.2, 0.25) is 0 Å². The van der Waals surface area contributed by atoms with Crippen molar-refractivity contribution in [2.24, 2.45) is 0 Å². The van der Waals surface area contributed by atoms with E-state index in [2.05, 4.69) is 0 Å². The molecule has 0 spiro atoms. The van der Waals surface area contributed by atoms with Crippen LogP contribution in [-0.2, 0) is 0 Å². The third-order valence-electron chi connectivity index (χ3n) is 1.14. The number of carbonyl (C=O) groups is 1. The fourth-order valence-electron chi connectivity index (χ4n) is 0.636. The molecule has 1 rings (SSSR count). The topological polar surface area (TPSA) is 43.1 Å². The largest absolute Gasteiger partial charge is 0.454 e. The first kappa shape index (κ1) is 9.05. The smallest absolute Gasteiger partial charge is 0.391 e. The van der Waals surface area contributed by atoms with E-state index >= 15 is 0 Å². The summed E-state index contributed by atoms with van der Waals surface area (Å²) < 4.78 is 35.3. The SMILES string of the molecule is Nc1cc(C(=O)C(F)(F)F)cs1. The molecule has 0 atom stereocenters. The lowest BCUT2D eigenvalue weighted by Crippen LogP contribution is -2.21. The van der Waals surface area contributed by atoms with Crippen LogP contribution in [0.4, 0.5) is 18.2 Å². The van der Waals surface area contributed by atoms with Gasteiger partial charge in [0, 0.05) is 10.9 Å². The van der Waals surface area contributed by atoms with Crippen LogP contribution in [0.1, 0.15) is 10.4 Å². The van der Waals surface area contributed by atoms with Crippen LogP contribution in [-0.4, -0.2) is 12.0 Å². The van der Waals surface area contributed by atoms with Crippen molar-refractivity contribution in [2.45, 2.75) is 6.18 Å². The Bertz CT molecular complexity index is 304. The Balaban J connectivity index is 2.93. The lowest BCUT2D eigenvalue weighted by molar-refractivity contribution is -0.0884. The second-order valence-electron chi connectivity index (χ2n) is 2.06. The van der Waals surface area contributed by atoms with Crippen LogP contribution in [0, 0.1) is 0 Å². The fraction of sp³-hybridized carbons (Fsp3) is 0.167. The van der Waals surface area contributed by atoms with Gasteiger partial charge < -0.3 is 5.73 Å². The zero-order valence-corrected chi connectivity index (χ0v) is 6.50. The van der Waals surface area contributed by atoms with E-state index in [0.29, 0.717) is 0 Å². The zero-order valence-electron chi connectivity index (χ0n) is 5.68. The molecule has 0 saturated carbocycles. The standard InChI is InChI=1S/C6H4F3NOS/c7-6(8,9)5(11)3-1-4(10)12-2-3/h1-2H,10H2. The van der Waals surface area contributed by atoms with Crippen LogP contribution < -0.4 is 5.73 Å². The first-order chi connectivity index (χ1) is 5.41. The zero-order chi connectivity index (χ0) is 9.35. The highest BCUT2D eigenvalue weighted by atomic mass is 32.1. The predicted octanol–water partition coefficient (Wildman–Crippen LogP) is 2.08. The highest BCUT2D eigenvalue weighted by Gasteiger charge is 2.39. The van der Waals surface area contributed by atoms with E-state index in [4.69, 9.17) is 5.73 Å². The minimum atomic E-state index is -4.81. The van der Waals surface area contributed by atoms with E-state index in [0.717, 1.165) is 22.8 Å². The van der Waals surface area contributed by atoms with Gasteiger partial charge in [-0.15, -0.1) is 11.3 Å². The van der Waals surface area contributed by atoms with Crippen molar-refractivity contribution in [1.82, 2.24) is 0 Å². The van der Waals surface area contributed by atoms with Gasteiger partial charge in [-0.05, 0) is 6.07 Å². The molecule has 0 aromatic carbocycles. The second-order valence-corrected chi connectivity index (χ2v) is 3.01.